The van der Waals surface area contributed by atoms with Gasteiger partial charge in [-0.1, -0.05) is 36.4 Å². The lowest BCUT2D eigenvalue weighted by atomic mass is 9.96. The third-order valence-electron chi connectivity index (χ3n) is 3.25. The van der Waals surface area contributed by atoms with Crippen LogP contribution in [0.5, 0.6) is 0 Å². The van der Waals surface area contributed by atoms with Gasteiger partial charge in [0.05, 0.1) is 21.5 Å². The molecule has 2 aromatic carbocycles. The second-order valence-electron chi connectivity index (χ2n) is 4.75. The van der Waals surface area contributed by atoms with Gasteiger partial charge in [0.15, 0.2) is 0 Å². The summed E-state index contributed by atoms with van der Waals surface area (Å²) < 4.78 is 0.390. The fraction of sp³-hybridized carbons (Fsp3) is 0.200. The predicted molar refractivity (Wildman–Crippen MR) is 91.1 cm³/mol. The first-order valence-corrected chi connectivity index (χ1v) is 7.19. The van der Waals surface area contributed by atoms with Gasteiger partial charge in [-0.25, -0.2) is 0 Å². The lowest BCUT2D eigenvalue weighted by Gasteiger charge is -2.19. The quantitative estimate of drug-likeness (QED) is 0.608. The molecule has 2 atom stereocenters. The van der Waals surface area contributed by atoms with E-state index in [1.165, 1.54) is 6.07 Å². The molecule has 0 unspecified atom stereocenters. The third kappa shape index (κ3) is 4.51. The van der Waals surface area contributed by atoms with Gasteiger partial charge in [0.2, 0.25) is 0 Å². The van der Waals surface area contributed by atoms with Crippen LogP contribution in [0.4, 0.5) is 5.69 Å². The number of hydrogen-bond acceptors (Lipinski definition) is 4. The second kappa shape index (κ2) is 8.24. The van der Waals surface area contributed by atoms with Crippen LogP contribution in [-0.4, -0.2) is 16.1 Å². The van der Waals surface area contributed by atoms with Gasteiger partial charge in [-0.05, 0) is 33.1 Å². The van der Waals surface area contributed by atoms with Crippen molar-refractivity contribution in [3.8, 4) is 0 Å². The molecule has 0 amide bonds. The summed E-state index contributed by atoms with van der Waals surface area (Å²) in [5, 5.41) is 21.1. The summed E-state index contributed by atoms with van der Waals surface area (Å²) in [7, 11) is 0. The van der Waals surface area contributed by atoms with Crippen molar-refractivity contribution in [2.75, 3.05) is 0 Å². The van der Waals surface area contributed by atoms with Gasteiger partial charge in [0.1, 0.15) is 0 Å². The maximum atomic E-state index is 10.9. The number of halogens is 2. The summed E-state index contributed by atoms with van der Waals surface area (Å²) in [5.74, 6) is 0. The Kier molecular flexibility index (Phi) is 6.96. The van der Waals surface area contributed by atoms with Crippen molar-refractivity contribution in [1.29, 1.82) is 0 Å². The third-order valence-corrected chi connectivity index (χ3v) is 3.92. The fourth-order valence-corrected chi connectivity index (χ4v) is 2.47. The Morgan fingerprint density at radius 3 is 2.45 bits per heavy atom. The van der Waals surface area contributed by atoms with E-state index >= 15 is 0 Å². The number of rotatable bonds is 5. The number of benzene rings is 2. The Morgan fingerprint density at radius 1 is 1.23 bits per heavy atom. The average Bonchev–Trinajstić information content (AvgIpc) is 2.47. The van der Waals surface area contributed by atoms with Gasteiger partial charge in [0, 0.05) is 12.5 Å². The molecule has 0 aliphatic heterocycles. The minimum atomic E-state index is -0.812. The van der Waals surface area contributed by atoms with E-state index in [4.69, 9.17) is 5.73 Å². The van der Waals surface area contributed by atoms with E-state index in [0.717, 1.165) is 5.56 Å². The summed E-state index contributed by atoms with van der Waals surface area (Å²) in [4.78, 5) is 10.4. The number of nitro benzene ring substituents is 1. The van der Waals surface area contributed by atoms with Crippen molar-refractivity contribution in [2.24, 2.45) is 5.73 Å². The van der Waals surface area contributed by atoms with E-state index < -0.39 is 17.1 Å². The van der Waals surface area contributed by atoms with Crippen molar-refractivity contribution >= 4 is 34.0 Å². The summed E-state index contributed by atoms with van der Waals surface area (Å²) >= 11 is 3.13. The standard InChI is InChI=1S/C15H15BrN2O3.ClH/c16-12-7-6-11(9-13(12)18(20)21)15(17)14(19)8-10-4-2-1-3-5-10;/h1-7,9,14-15,19H,8,17H2;1H/t14-,15+;/m0./s1. The zero-order chi connectivity index (χ0) is 15.4. The Bertz CT molecular complexity index is 640. The van der Waals surface area contributed by atoms with Crippen LogP contribution in [0.2, 0.25) is 0 Å². The Hall–Kier alpha value is -1.47. The molecule has 0 spiro atoms. The first kappa shape index (κ1) is 18.6. The van der Waals surface area contributed by atoms with Gasteiger partial charge in [-0.2, -0.15) is 0 Å². The van der Waals surface area contributed by atoms with Crippen LogP contribution in [0.25, 0.3) is 0 Å². The van der Waals surface area contributed by atoms with Crippen LogP contribution < -0.4 is 5.73 Å². The second-order valence-corrected chi connectivity index (χ2v) is 5.61. The molecule has 0 heterocycles. The average molecular weight is 388 g/mol. The molecule has 22 heavy (non-hydrogen) atoms. The van der Waals surface area contributed by atoms with Crippen molar-refractivity contribution in [3.63, 3.8) is 0 Å². The summed E-state index contributed by atoms with van der Waals surface area (Å²) in [5.41, 5.74) is 7.46. The number of hydrogen-bond donors (Lipinski definition) is 2. The number of nitrogens with zero attached hydrogens (tertiary/aromatic N) is 1. The monoisotopic (exact) mass is 386 g/mol. The maximum Gasteiger partial charge on any atom is 0.283 e. The molecule has 5 nitrogen and oxygen atoms in total. The van der Waals surface area contributed by atoms with E-state index in [0.29, 0.717) is 16.5 Å². The van der Waals surface area contributed by atoms with E-state index in [1.807, 2.05) is 30.3 Å². The van der Waals surface area contributed by atoms with Crippen molar-refractivity contribution < 1.29 is 10.0 Å². The Labute approximate surface area is 142 Å². The van der Waals surface area contributed by atoms with E-state index in [1.54, 1.807) is 12.1 Å². The molecule has 0 aliphatic rings. The Balaban J connectivity index is 0.00000242. The molecule has 0 aromatic heterocycles. The zero-order valence-electron chi connectivity index (χ0n) is 11.6. The first-order valence-electron chi connectivity index (χ1n) is 6.40. The first-order chi connectivity index (χ1) is 9.99. The number of nitrogens with two attached hydrogens (primary N) is 1. The van der Waals surface area contributed by atoms with Gasteiger partial charge in [-0.3, -0.25) is 10.1 Å². The van der Waals surface area contributed by atoms with Crippen molar-refractivity contribution in [3.05, 3.63) is 74.2 Å². The van der Waals surface area contributed by atoms with Crippen molar-refractivity contribution in [2.45, 2.75) is 18.6 Å². The lowest BCUT2D eigenvalue weighted by Crippen LogP contribution is -2.28. The van der Waals surface area contributed by atoms with Gasteiger partial charge in [-0.15, -0.1) is 12.4 Å². The van der Waals surface area contributed by atoms with E-state index in [9.17, 15) is 15.2 Å². The van der Waals surface area contributed by atoms with E-state index in [-0.39, 0.29) is 18.1 Å². The molecular formula is C15H16BrClN2O3. The highest BCUT2D eigenvalue weighted by atomic mass is 79.9. The SMILES string of the molecule is Cl.N[C@H](c1ccc(Br)c([N+](=O)[O-])c1)[C@@H](O)Cc1ccccc1. The summed E-state index contributed by atoms with van der Waals surface area (Å²) in [6.45, 7) is 0. The molecule has 0 fully saturated rings. The smallest absolute Gasteiger partial charge is 0.283 e. The predicted octanol–water partition coefficient (Wildman–Crippen LogP) is 3.38. The molecule has 7 heteroatoms. The molecule has 0 bridgehead atoms. The molecule has 2 rings (SSSR count). The molecule has 0 aliphatic carbocycles. The molecule has 2 aromatic rings. The summed E-state index contributed by atoms with van der Waals surface area (Å²) in [6.07, 6.45) is -0.417. The largest absolute Gasteiger partial charge is 0.391 e. The number of aliphatic hydroxyl groups is 1. The maximum absolute atomic E-state index is 10.9. The minimum Gasteiger partial charge on any atom is -0.391 e. The van der Waals surface area contributed by atoms with Crippen LogP contribution >= 0.6 is 28.3 Å². The zero-order valence-corrected chi connectivity index (χ0v) is 14.0. The van der Waals surface area contributed by atoms with Crippen LogP contribution in [0.3, 0.4) is 0 Å². The molecule has 0 radical (unpaired) electrons. The highest BCUT2D eigenvalue weighted by Gasteiger charge is 2.21. The lowest BCUT2D eigenvalue weighted by molar-refractivity contribution is -0.385. The number of aliphatic hydroxyl groups excluding tert-OH is 1. The van der Waals surface area contributed by atoms with Gasteiger partial charge in [0.25, 0.3) is 5.69 Å². The van der Waals surface area contributed by atoms with Crippen molar-refractivity contribution in [1.82, 2.24) is 0 Å². The minimum absolute atomic E-state index is 0. The van der Waals surface area contributed by atoms with Crippen LogP contribution in [0.15, 0.2) is 53.0 Å². The van der Waals surface area contributed by atoms with Gasteiger partial charge >= 0.3 is 0 Å². The van der Waals surface area contributed by atoms with Crippen LogP contribution in [-0.2, 0) is 6.42 Å². The molecule has 0 saturated carbocycles. The molecule has 3 N–H and O–H groups in total. The Morgan fingerprint density at radius 2 is 1.86 bits per heavy atom. The fourth-order valence-electron chi connectivity index (χ4n) is 2.08. The van der Waals surface area contributed by atoms with Gasteiger partial charge < -0.3 is 10.8 Å². The molecule has 118 valence electrons. The molecular weight excluding hydrogens is 372 g/mol. The highest BCUT2D eigenvalue weighted by molar-refractivity contribution is 9.10. The summed E-state index contributed by atoms with van der Waals surface area (Å²) in [6, 6.07) is 13.4. The normalized spacial score (nSPS) is 13.0. The highest BCUT2D eigenvalue weighted by Crippen LogP contribution is 2.29. The van der Waals surface area contributed by atoms with Crippen LogP contribution in [0.1, 0.15) is 17.2 Å². The van der Waals surface area contributed by atoms with Crippen LogP contribution in [0, 0.1) is 10.1 Å². The number of nitro groups is 1. The topological polar surface area (TPSA) is 89.4 Å². The molecule has 0 saturated heterocycles. The van der Waals surface area contributed by atoms with E-state index in [2.05, 4.69) is 15.9 Å².